The van der Waals surface area contributed by atoms with Crippen LogP contribution >= 0.6 is 11.6 Å². The molecule has 3 unspecified atom stereocenters. The average molecular weight is 247 g/mol. The second-order valence-electron chi connectivity index (χ2n) is 6.12. The van der Waals surface area contributed by atoms with E-state index < -0.39 is 0 Å². The highest BCUT2D eigenvalue weighted by Crippen LogP contribution is 2.63. The van der Waals surface area contributed by atoms with Gasteiger partial charge in [0.2, 0.25) is 0 Å². The van der Waals surface area contributed by atoms with Gasteiger partial charge in [0.15, 0.2) is 0 Å². The molecule has 0 radical (unpaired) electrons. The maximum absolute atomic E-state index is 6.71. The molecule has 1 heteroatoms. The van der Waals surface area contributed by atoms with Gasteiger partial charge in [0, 0.05) is 0 Å². The fraction of sp³-hybridized carbons (Fsp3) is 0.625. The van der Waals surface area contributed by atoms with Crippen molar-refractivity contribution in [3.8, 4) is 0 Å². The molecule has 0 spiro atoms. The summed E-state index contributed by atoms with van der Waals surface area (Å²) in [6, 6.07) is 7.01. The van der Waals surface area contributed by atoms with E-state index in [0.29, 0.717) is 0 Å². The zero-order valence-corrected chi connectivity index (χ0v) is 10.9. The molecule has 17 heavy (non-hydrogen) atoms. The Bertz CT molecular complexity index is 441. The molecule has 0 bridgehead atoms. The summed E-state index contributed by atoms with van der Waals surface area (Å²) in [4.78, 5) is 0. The van der Waals surface area contributed by atoms with Crippen LogP contribution in [0.25, 0.3) is 0 Å². The standard InChI is InChI=1S/C16H19Cl/c17-16(15-13-5-2-6-14(13)15)12-8-7-10-3-1-4-11(10)9-12/h7-9,13-16H,1-6H2. The Morgan fingerprint density at radius 3 is 2.59 bits per heavy atom. The Labute approximate surface area is 108 Å². The van der Waals surface area contributed by atoms with Crippen LogP contribution in [0.15, 0.2) is 18.2 Å². The number of hydrogen-bond donors (Lipinski definition) is 0. The molecule has 3 atom stereocenters. The number of fused-ring (bicyclic) bond motifs is 2. The van der Waals surface area contributed by atoms with Gasteiger partial charge in [-0.2, -0.15) is 0 Å². The second-order valence-corrected chi connectivity index (χ2v) is 6.59. The van der Waals surface area contributed by atoms with E-state index in [0.717, 1.165) is 17.8 Å². The number of alkyl halides is 1. The highest BCUT2D eigenvalue weighted by Gasteiger charge is 2.55. The van der Waals surface area contributed by atoms with Gasteiger partial charge in [0.05, 0.1) is 5.38 Å². The lowest BCUT2D eigenvalue weighted by Crippen LogP contribution is -1.99. The van der Waals surface area contributed by atoms with Gasteiger partial charge >= 0.3 is 0 Å². The maximum Gasteiger partial charge on any atom is 0.0619 e. The molecule has 1 aromatic carbocycles. The zero-order valence-electron chi connectivity index (χ0n) is 10.2. The van der Waals surface area contributed by atoms with E-state index in [1.807, 2.05) is 0 Å². The van der Waals surface area contributed by atoms with Gasteiger partial charge in [-0.05, 0) is 66.5 Å². The van der Waals surface area contributed by atoms with Crippen LogP contribution in [0.1, 0.15) is 47.8 Å². The van der Waals surface area contributed by atoms with Crippen molar-refractivity contribution in [1.29, 1.82) is 0 Å². The van der Waals surface area contributed by atoms with E-state index in [1.54, 1.807) is 11.1 Å². The molecular weight excluding hydrogens is 228 g/mol. The molecule has 0 N–H and O–H groups in total. The van der Waals surface area contributed by atoms with Gasteiger partial charge in [-0.1, -0.05) is 24.6 Å². The Kier molecular flexibility index (Phi) is 2.30. The monoisotopic (exact) mass is 246 g/mol. The molecule has 0 nitrogen and oxygen atoms in total. The van der Waals surface area contributed by atoms with Crippen LogP contribution in [0.2, 0.25) is 0 Å². The van der Waals surface area contributed by atoms with Crippen LogP contribution in [0.5, 0.6) is 0 Å². The summed E-state index contributed by atoms with van der Waals surface area (Å²) in [6.45, 7) is 0. The highest BCUT2D eigenvalue weighted by molar-refractivity contribution is 6.21. The van der Waals surface area contributed by atoms with Crippen LogP contribution < -0.4 is 0 Å². The number of halogens is 1. The summed E-state index contributed by atoms with van der Waals surface area (Å²) in [5.41, 5.74) is 4.53. The summed E-state index contributed by atoms with van der Waals surface area (Å²) in [6.07, 6.45) is 8.19. The van der Waals surface area contributed by atoms with E-state index in [2.05, 4.69) is 18.2 Å². The van der Waals surface area contributed by atoms with Gasteiger partial charge < -0.3 is 0 Å². The lowest BCUT2D eigenvalue weighted by Gasteiger charge is -2.13. The smallest absolute Gasteiger partial charge is 0.0619 e. The first kappa shape index (κ1) is 10.4. The van der Waals surface area contributed by atoms with Crippen molar-refractivity contribution >= 4 is 11.6 Å². The highest BCUT2D eigenvalue weighted by atomic mass is 35.5. The molecule has 4 rings (SSSR count). The second kappa shape index (κ2) is 3.75. The van der Waals surface area contributed by atoms with Crippen molar-refractivity contribution < 1.29 is 0 Å². The molecule has 2 saturated carbocycles. The van der Waals surface area contributed by atoms with E-state index in [9.17, 15) is 0 Å². The van der Waals surface area contributed by atoms with E-state index in [4.69, 9.17) is 11.6 Å². The lowest BCUT2D eigenvalue weighted by atomic mass is 9.99. The van der Waals surface area contributed by atoms with Crippen LogP contribution in [0.4, 0.5) is 0 Å². The molecule has 3 aliphatic carbocycles. The Morgan fingerprint density at radius 1 is 1.00 bits per heavy atom. The van der Waals surface area contributed by atoms with Crippen molar-refractivity contribution in [2.75, 3.05) is 0 Å². The van der Waals surface area contributed by atoms with Gasteiger partial charge in [0.25, 0.3) is 0 Å². The van der Waals surface area contributed by atoms with Crippen LogP contribution in [-0.2, 0) is 12.8 Å². The van der Waals surface area contributed by atoms with Crippen molar-refractivity contribution in [3.63, 3.8) is 0 Å². The van der Waals surface area contributed by atoms with Gasteiger partial charge in [-0.3, -0.25) is 0 Å². The van der Waals surface area contributed by atoms with Crippen LogP contribution in [0, 0.1) is 17.8 Å². The summed E-state index contributed by atoms with van der Waals surface area (Å²) < 4.78 is 0. The normalized spacial score (nSPS) is 35.5. The minimum atomic E-state index is 0.288. The third-order valence-corrected chi connectivity index (χ3v) is 5.79. The van der Waals surface area contributed by atoms with Crippen molar-refractivity contribution in [2.45, 2.75) is 43.9 Å². The van der Waals surface area contributed by atoms with Crippen molar-refractivity contribution in [2.24, 2.45) is 17.8 Å². The summed E-state index contributed by atoms with van der Waals surface area (Å²) in [5, 5.41) is 0.288. The third kappa shape index (κ3) is 1.57. The number of aryl methyl sites for hydroxylation is 2. The van der Waals surface area contributed by atoms with Gasteiger partial charge in [-0.15, -0.1) is 11.6 Å². The molecule has 0 aromatic heterocycles. The summed E-state index contributed by atoms with van der Waals surface area (Å²) in [7, 11) is 0. The Hall–Kier alpha value is -0.490. The summed E-state index contributed by atoms with van der Waals surface area (Å²) >= 11 is 6.71. The quantitative estimate of drug-likeness (QED) is 0.674. The molecule has 0 heterocycles. The van der Waals surface area contributed by atoms with E-state index in [-0.39, 0.29) is 5.38 Å². The predicted molar refractivity (Wildman–Crippen MR) is 71.4 cm³/mol. The first-order chi connectivity index (χ1) is 8.34. The molecule has 1 aromatic rings. The molecule has 2 fully saturated rings. The number of benzene rings is 1. The molecule has 3 aliphatic rings. The van der Waals surface area contributed by atoms with Crippen LogP contribution in [-0.4, -0.2) is 0 Å². The minimum absolute atomic E-state index is 0.288. The first-order valence-corrected chi connectivity index (χ1v) is 7.54. The molecule has 90 valence electrons. The van der Waals surface area contributed by atoms with Crippen molar-refractivity contribution in [3.05, 3.63) is 34.9 Å². The molecule has 0 amide bonds. The van der Waals surface area contributed by atoms with Crippen molar-refractivity contribution in [1.82, 2.24) is 0 Å². The maximum atomic E-state index is 6.71. The zero-order chi connectivity index (χ0) is 11.4. The largest absolute Gasteiger partial charge is 0.117 e. The Morgan fingerprint density at radius 2 is 1.76 bits per heavy atom. The van der Waals surface area contributed by atoms with E-state index in [1.165, 1.54) is 44.1 Å². The van der Waals surface area contributed by atoms with Gasteiger partial charge in [0.1, 0.15) is 0 Å². The lowest BCUT2D eigenvalue weighted by molar-refractivity contribution is 0.573. The first-order valence-electron chi connectivity index (χ1n) is 7.10. The molecule has 0 saturated heterocycles. The Balaban J connectivity index is 1.58. The third-order valence-electron chi connectivity index (χ3n) is 5.25. The number of hydrogen-bond acceptors (Lipinski definition) is 0. The fourth-order valence-electron chi connectivity index (χ4n) is 4.30. The van der Waals surface area contributed by atoms with Crippen LogP contribution in [0.3, 0.4) is 0 Å². The predicted octanol–water partition coefficient (Wildman–Crippen LogP) is 4.50. The topological polar surface area (TPSA) is 0 Å². The van der Waals surface area contributed by atoms with Gasteiger partial charge in [-0.25, -0.2) is 0 Å². The average Bonchev–Trinajstić information content (AvgIpc) is 2.75. The number of rotatable bonds is 2. The van der Waals surface area contributed by atoms with E-state index >= 15 is 0 Å². The fourth-order valence-corrected chi connectivity index (χ4v) is 4.81. The molecule has 0 aliphatic heterocycles. The molecular formula is C16H19Cl. The SMILES string of the molecule is ClC(c1ccc2c(c1)CCC2)C1C2CCCC21. The minimum Gasteiger partial charge on any atom is -0.117 e. The summed E-state index contributed by atoms with van der Waals surface area (Å²) in [5.74, 6) is 2.72.